The van der Waals surface area contributed by atoms with Gasteiger partial charge in [0.15, 0.2) is 0 Å². The number of unbranched alkanes of at least 4 members (excludes halogenated alkanes) is 2. The first-order chi connectivity index (χ1) is 7.22. The van der Waals surface area contributed by atoms with Gasteiger partial charge in [-0.25, -0.2) is 0 Å². The van der Waals surface area contributed by atoms with Crippen LogP contribution in [0.1, 0.15) is 32.6 Å². The molecule has 0 atom stereocenters. The molecule has 0 unspecified atom stereocenters. The molecule has 0 spiro atoms. The minimum atomic E-state index is -0.147. The molecule has 0 fully saturated rings. The Hall–Kier alpha value is -0.830. The third-order valence-electron chi connectivity index (χ3n) is 2.03. The van der Waals surface area contributed by atoms with Gasteiger partial charge < -0.3 is 4.74 Å². The summed E-state index contributed by atoms with van der Waals surface area (Å²) in [4.78, 5) is 11.3. The Morgan fingerprint density at radius 1 is 1.27 bits per heavy atom. The molecule has 3 heteroatoms. The highest BCUT2D eigenvalue weighted by Crippen LogP contribution is 2.16. The molecule has 82 valence electrons. The number of carbonyl (C=O) groups excluding carboxylic acids is 1. The van der Waals surface area contributed by atoms with Crippen molar-refractivity contribution in [2.75, 3.05) is 0 Å². The minimum absolute atomic E-state index is 0.147. The third kappa shape index (κ3) is 4.98. The van der Waals surface area contributed by atoms with Crippen molar-refractivity contribution in [1.82, 2.24) is 0 Å². The van der Waals surface area contributed by atoms with Crippen molar-refractivity contribution in [3.8, 4) is 5.75 Å². The lowest BCUT2D eigenvalue weighted by Crippen LogP contribution is -2.07. The van der Waals surface area contributed by atoms with Crippen LogP contribution in [0.4, 0.5) is 0 Å². The predicted molar refractivity (Wildman–Crippen MR) is 63.9 cm³/mol. The van der Waals surface area contributed by atoms with E-state index in [2.05, 4.69) is 22.9 Å². The van der Waals surface area contributed by atoms with Crippen LogP contribution < -0.4 is 4.74 Å². The normalized spacial score (nSPS) is 10.0. The second-order valence-corrected chi connectivity index (χ2v) is 4.30. The third-order valence-corrected chi connectivity index (χ3v) is 2.56. The second kappa shape index (κ2) is 6.62. The molecule has 1 aromatic carbocycles. The molecule has 0 radical (unpaired) electrons. The van der Waals surface area contributed by atoms with E-state index in [1.807, 2.05) is 12.1 Å². The van der Waals surface area contributed by atoms with E-state index in [1.165, 1.54) is 0 Å². The van der Waals surface area contributed by atoms with Crippen LogP contribution >= 0.6 is 15.9 Å². The number of rotatable bonds is 5. The summed E-state index contributed by atoms with van der Waals surface area (Å²) in [6, 6.07) is 7.27. The Bertz CT molecular complexity index is 306. The summed E-state index contributed by atoms with van der Waals surface area (Å²) >= 11 is 3.32. The Kier molecular flexibility index (Phi) is 5.40. The first-order valence-electron chi connectivity index (χ1n) is 5.18. The average Bonchev–Trinajstić information content (AvgIpc) is 2.22. The Balaban J connectivity index is 2.34. The molecular formula is C12H15BrO2. The van der Waals surface area contributed by atoms with E-state index in [0.29, 0.717) is 12.2 Å². The van der Waals surface area contributed by atoms with E-state index < -0.39 is 0 Å². The Morgan fingerprint density at radius 2 is 1.93 bits per heavy atom. The molecule has 0 aliphatic rings. The lowest BCUT2D eigenvalue weighted by Gasteiger charge is -2.03. The molecule has 2 nitrogen and oxygen atoms in total. The fourth-order valence-corrected chi connectivity index (χ4v) is 1.47. The fraction of sp³-hybridized carbons (Fsp3) is 0.417. The van der Waals surface area contributed by atoms with Gasteiger partial charge in [0.05, 0.1) is 0 Å². The first-order valence-corrected chi connectivity index (χ1v) is 5.98. The maximum atomic E-state index is 11.3. The Labute approximate surface area is 98.8 Å². The van der Waals surface area contributed by atoms with Crippen molar-refractivity contribution in [1.29, 1.82) is 0 Å². The summed E-state index contributed by atoms with van der Waals surface area (Å²) in [5.41, 5.74) is 0. The number of ether oxygens (including phenoxy) is 1. The molecular weight excluding hydrogens is 256 g/mol. The van der Waals surface area contributed by atoms with Crippen LogP contribution in [0, 0.1) is 0 Å². The molecule has 0 saturated heterocycles. The standard InChI is InChI=1S/C12H15BrO2/c1-2-3-4-5-12(14)15-11-8-6-10(13)7-9-11/h6-9H,2-5H2,1H3. The lowest BCUT2D eigenvalue weighted by atomic mass is 10.2. The van der Waals surface area contributed by atoms with Gasteiger partial charge in [0.2, 0.25) is 0 Å². The molecule has 0 saturated carbocycles. The number of hydrogen-bond acceptors (Lipinski definition) is 2. The van der Waals surface area contributed by atoms with Crippen LogP contribution in [0.25, 0.3) is 0 Å². The highest BCUT2D eigenvalue weighted by Gasteiger charge is 2.03. The van der Waals surface area contributed by atoms with Crippen LogP contribution in [0.3, 0.4) is 0 Å². The number of esters is 1. The number of carbonyl (C=O) groups is 1. The van der Waals surface area contributed by atoms with Gasteiger partial charge in [0.1, 0.15) is 5.75 Å². The number of benzene rings is 1. The molecule has 0 amide bonds. The van der Waals surface area contributed by atoms with E-state index in [1.54, 1.807) is 12.1 Å². The maximum absolute atomic E-state index is 11.3. The Morgan fingerprint density at radius 3 is 2.53 bits per heavy atom. The van der Waals surface area contributed by atoms with E-state index in [-0.39, 0.29) is 5.97 Å². The van der Waals surface area contributed by atoms with Crippen LogP contribution in [-0.2, 0) is 4.79 Å². The SMILES string of the molecule is CCCCCC(=O)Oc1ccc(Br)cc1. The van der Waals surface area contributed by atoms with Crippen molar-refractivity contribution in [3.05, 3.63) is 28.7 Å². The second-order valence-electron chi connectivity index (χ2n) is 3.39. The van der Waals surface area contributed by atoms with Gasteiger partial charge >= 0.3 is 5.97 Å². The summed E-state index contributed by atoms with van der Waals surface area (Å²) in [5.74, 6) is 0.463. The zero-order valence-electron chi connectivity index (χ0n) is 8.83. The van der Waals surface area contributed by atoms with E-state index in [0.717, 1.165) is 23.7 Å². The van der Waals surface area contributed by atoms with Crippen LogP contribution in [0.15, 0.2) is 28.7 Å². The number of halogens is 1. The van der Waals surface area contributed by atoms with E-state index in [4.69, 9.17) is 4.74 Å². The van der Waals surface area contributed by atoms with Crippen molar-refractivity contribution < 1.29 is 9.53 Å². The number of hydrogen-bond donors (Lipinski definition) is 0. The zero-order valence-corrected chi connectivity index (χ0v) is 10.4. The van der Waals surface area contributed by atoms with Crippen molar-refractivity contribution >= 4 is 21.9 Å². The van der Waals surface area contributed by atoms with Gasteiger partial charge in [0, 0.05) is 10.9 Å². The van der Waals surface area contributed by atoms with Gasteiger partial charge in [-0.1, -0.05) is 35.7 Å². The molecule has 15 heavy (non-hydrogen) atoms. The molecule has 0 N–H and O–H groups in total. The van der Waals surface area contributed by atoms with Gasteiger partial charge in [0.25, 0.3) is 0 Å². The minimum Gasteiger partial charge on any atom is -0.427 e. The smallest absolute Gasteiger partial charge is 0.311 e. The topological polar surface area (TPSA) is 26.3 Å². The first kappa shape index (κ1) is 12.2. The van der Waals surface area contributed by atoms with Gasteiger partial charge in [-0.05, 0) is 30.7 Å². The largest absolute Gasteiger partial charge is 0.427 e. The molecule has 0 aliphatic heterocycles. The lowest BCUT2D eigenvalue weighted by molar-refractivity contribution is -0.134. The van der Waals surface area contributed by atoms with Crippen molar-refractivity contribution in [3.63, 3.8) is 0 Å². The highest BCUT2D eigenvalue weighted by atomic mass is 79.9. The summed E-state index contributed by atoms with van der Waals surface area (Å²) in [7, 11) is 0. The summed E-state index contributed by atoms with van der Waals surface area (Å²) in [5, 5.41) is 0. The average molecular weight is 271 g/mol. The monoisotopic (exact) mass is 270 g/mol. The summed E-state index contributed by atoms with van der Waals surface area (Å²) in [6.45, 7) is 2.11. The zero-order chi connectivity index (χ0) is 11.1. The van der Waals surface area contributed by atoms with Crippen molar-refractivity contribution in [2.45, 2.75) is 32.6 Å². The molecule has 0 aliphatic carbocycles. The molecule has 0 aromatic heterocycles. The maximum Gasteiger partial charge on any atom is 0.311 e. The van der Waals surface area contributed by atoms with E-state index in [9.17, 15) is 4.79 Å². The van der Waals surface area contributed by atoms with Gasteiger partial charge in [-0.15, -0.1) is 0 Å². The van der Waals surface area contributed by atoms with Crippen molar-refractivity contribution in [2.24, 2.45) is 0 Å². The van der Waals surface area contributed by atoms with Crippen LogP contribution in [-0.4, -0.2) is 5.97 Å². The van der Waals surface area contributed by atoms with E-state index >= 15 is 0 Å². The van der Waals surface area contributed by atoms with Gasteiger partial charge in [-0.2, -0.15) is 0 Å². The molecule has 1 rings (SSSR count). The quantitative estimate of drug-likeness (QED) is 0.460. The predicted octanol–water partition coefficient (Wildman–Crippen LogP) is 3.93. The van der Waals surface area contributed by atoms with Crippen LogP contribution in [0.2, 0.25) is 0 Å². The van der Waals surface area contributed by atoms with Crippen LogP contribution in [0.5, 0.6) is 5.75 Å². The molecule has 1 aromatic rings. The molecule has 0 bridgehead atoms. The molecule has 0 heterocycles. The summed E-state index contributed by atoms with van der Waals surface area (Å²) in [6.07, 6.45) is 3.61. The highest BCUT2D eigenvalue weighted by molar-refractivity contribution is 9.10. The summed E-state index contributed by atoms with van der Waals surface area (Å²) < 4.78 is 6.14. The fourth-order valence-electron chi connectivity index (χ4n) is 1.20. The van der Waals surface area contributed by atoms with Gasteiger partial charge in [-0.3, -0.25) is 4.79 Å².